The van der Waals surface area contributed by atoms with Crippen LogP contribution in [0.25, 0.3) is 0 Å². The molecule has 0 aromatic carbocycles. The van der Waals surface area contributed by atoms with Crippen molar-refractivity contribution in [2.45, 2.75) is 31.9 Å². The van der Waals surface area contributed by atoms with Crippen molar-refractivity contribution in [3.05, 3.63) is 23.8 Å². The van der Waals surface area contributed by atoms with Crippen LogP contribution >= 0.6 is 0 Å². The molecule has 0 aliphatic rings. The highest BCUT2D eigenvalue weighted by Gasteiger charge is 2.24. The van der Waals surface area contributed by atoms with Gasteiger partial charge in [0.25, 0.3) is 0 Å². The van der Waals surface area contributed by atoms with E-state index in [9.17, 15) is 8.42 Å². The van der Waals surface area contributed by atoms with Gasteiger partial charge in [0.1, 0.15) is 0 Å². The molecule has 0 aliphatic carbocycles. The van der Waals surface area contributed by atoms with Crippen molar-refractivity contribution in [1.29, 1.82) is 0 Å². The maximum absolute atomic E-state index is 11.4. The summed E-state index contributed by atoms with van der Waals surface area (Å²) in [6.45, 7) is 5.40. The third kappa shape index (κ3) is 2.99. The Bertz CT molecular complexity index is 425. The van der Waals surface area contributed by atoms with E-state index in [0.29, 0.717) is 0 Å². The normalized spacial score (nSPS) is 16.0. The fourth-order valence-corrected chi connectivity index (χ4v) is 2.13. The van der Waals surface area contributed by atoms with Crippen molar-refractivity contribution in [1.82, 2.24) is 9.97 Å². The molecule has 0 fully saturated rings. The van der Waals surface area contributed by atoms with E-state index in [0.717, 1.165) is 11.4 Å². The zero-order valence-electron chi connectivity index (χ0n) is 9.43. The average molecular weight is 228 g/mol. The minimum absolute atomic E-state index is 0.131. The molecule has 1 rings (SSSR count). The number of sulfone groups is 1. The summed E-state index contributed by atoms with van der Waals surface area (Å²) < 4.78 is 22.7. The minimum atomic E-state index is -3.03. The van der Waals surface area contributed by atoms with Crippen LogP contribution in [0.5, 0.6) is 0 Å². The minimum Gasteiger partial charge on any atom is -0.258 e. The van der Waals surface area contributed by atoms with Gasteiger partial charge in [-0.25, -0.2) is 8.42 Å². The second kappa shape index (κ2) is 4.26. The van der Waals surface area contributed by atoms with Gasteiger partial charge in [-0.3, -0.25) is 9.97 Å². The summed E-state index contributed by atoms with van der Waals surface area (Å²) in [5.74, 6) is -0.131. The maximum atomic E-state index is 11.4. The molecule has 0 amide bonds. The molecule has 0 N–H and O–H groups in total. The first-order chi connectivity index (χ1) is 6.82. The summed E-state index contributed by atoms with van der Waals surface area (Å²) in [4.78, 5) is 8.29. The van der Waals surface area contributed by atoms with Crippen molar-refractivity contribution in [3.8, 4) is 0 Å². The molecule has 84 valence electrons. The van der Waals surface area contributed by atoms with Gasteiger partial charge in [-0.1, -0.05) is 6.92 Å². The maximum Gasteiger partial charge on any atom is 0.150 e. The zero-order valence-corrected chi connectivity index (χ0v) is 10.2. The van der Waals surface area contributed by atoms with Gasteiger partial charge in [0.05, 0.1) is 16.6 Å². The molecule has 5 heteroatoms. The molecule has 0 spiro atoms. The molecule has 2 atom stereocenters. The highest BCUT2D eigenvalue weighted by Crippen LogP contribution is 2.21. The summed E-state index contributed by atoms with van der Waals surface area (Å²) in [5, 5.41) is -0.436. The summed E-state index contributed by atoms with van der Waals surface area (Å²) in [6, 6.07) is 0. The zero-order chi connectivity index (χ0) is 11.6. The van der Waals surface area contributed by atoms with Crippen molar-refractivity contribution >= 4 is 9.84 Å². The van der Waals surface area contributed by atoms with E-state index < -0.39 is 15.1 Å². The van der Waals surface area contributed by atoms with E-state index in [1.807, 2.05) is 13.8 Å². The number of hydrogen-bond acceptors (Lipinski definition) is 4. The van der Waals surface area contributed by atoms with Crippen molar-refractivity contribution < 1.29 is 8.42 Å². The first kappa shape index (κ1) is 12.1. The predicted octanol–water partition coefficient (Wildman–Crippen LogP) is 1.32. The third-order valence-corrected chi connectivity index (χ3v) is 4.41. The van der Waals surface area contributed by atoms with Gasteiger partial charge in [0.2, 0.25) is 0 Å². The quantitative estimate of drug-likeness (QED) is 0.783. The molecule has 1 aromatic rings. The lowest BCUT2D eigenvalue weighted by Crippen LogP contribution is -2.23. The van der Waals surface area contributed by atoms with Gasteiger partial charge in [-0.05, 0) is 13.8 Å². The van der Waals surface area contributed by atoms with Crippen LogP contribution in [-0.4, -0.2) is 29.9 Å². The lowest BCUT2D eigenvalue weighted by Gasteiger charge is -2.17. The number of hydrogen-bond donors (Lipinski definition) is 0. The summed E-state index contributed by atoms with van der Waals surface area (Å²) >= 11 is 0. The molecule has 0 saturated carbocycles. The van der Waals surface area contributed by atoms with Crippen LogP contribution in [0, 0.1) is 6.92 Å². The Labute approximate surface area is 90.7 Å². The lowest BCUT2D eigenvalue weighted by molar-refractivity contribution is 0.572. The predicted molar refractivity (Wildman–Crippen MR) is 59.5 cm³/mol. The molecular weight excluding hydrogens is 212 g/mol. The number of aromatic nitrogens is 2. The largest absolute Gasteiger partial charge is 0.258 e. The SMILES string of the molecule is Cc1cnc([C@@H](C)[C@H](C)S(C)(=O)=O)cn1. The third-order valence-electron chi connectivity index (χ3n) is 2.65. The van der Waals surface area contributed by atoms with Crippen LogP contribution in [-0.2, 0) is 9.84 Å². The summed E-state index contributed by atoms with van der Waals surface area (Å²) in [7, 11) is -3.03. The van der Waals surface area contributed by atoms with E-state index >= 15 is 0 Å². The highest BCUT2D eigenvalue weighted by atomic mass is 32.2. The molecule has 0 unspecified atom stereocenters. The Kier molecular flexibility index (Phi) is 3.44. The van der Waals surface area contributed by atoms with Crippen molar-refractivity contribution in [3.63, 3.8) is 0 Å². The van der Waals surface area contributed by atoms with Gasteiger partial charge in [0, 0.05) is 24.6 Å². The molecule has 1 aromatic heterocycles. The fraction of sp³-hybridized carbons (Fsp3) is 0.600. The van der Waals surface area contributed by atoms with Crippen LogP contribution in [0.1, 0.15) is 31.2 Å². The second-order valence-electron chi connectivity index (χ2n) is 3.91. The smallest absolute Gasteiger partial charge is 0.150 e. The number of rotatable bonds is 3. The molecule has 0 bridgehead atoms. The van der Waals surface area contributed by atoms with Crippen LogP contribution in [0.2, 0.25) is 0 Å². The number of nitrogens with zero attached hydrogens (tertiary/aromatic N) is 2. The summed E-state index contributed by atoms with van der Waals surface area (Å²) in [6.07, 6.45) is 4.54. The van der Waals surface area contributed by atoms with Crippen LogP contribution in [0.4, 0.5) is 0 Å². The van der Waals surface area contributed by atoms with Crippen molar-refractivity contribution in [2.24, 2.45) is 0 Å². The molecule has 4 nitrogen and oxygen atoms in total. The average Bonchev–Trinajstić information content (AvgIpc) is 2.15. The Morgan fingerprint density at radius 3 is 2.20 bits per heavy atom. The van der Waals surface area contributed by atoms with Gasteiger partial charge in [-0.2, -0.15) is 0 Å². The monoisotopic (exact) mass is 228 g/mol. The van der Waals surface area contributed by atoms with E-state index in [1.54, 1.807) is 19.3 Å². The van der Waals surface area contributed by atoms with Crippen LogP contribution in [0.3, 0.4) is 0 Å². The fourth-order valence-electron chi connectivity index (χ4n) is 1.25. The van der Waals surface area contributed by atoms with Gasteiger partial charge >= 0.3 is 0 Å². The van der Waals surface area contributed by atoms with E-state index in [-0.39, 0.29) is 5.92 Å². The standard InChI is InChI=1S/C10H16N2O2S/c1-7-5-12-10(6-11-7)8(2)9(3)15(4,13)14/h5-6,8-9H,1-4H3/t8-,9-/m0/s1. The first-order valence-electron chi connectivity index (χ1n) is 4.79. The number of aryl methyl sites for hydroxylation is 1. The Morgan fingerprint density at radius 2 is 1.80 bits per heavy atom. The lowest BCUT2D eigenvalue weighted by atomic mass is 10.1. The molecule has 0 saturated heterocycles. The van der Waals surface area contributed by atoms with E-state index in [1.165, 1.54) is 6.26 Å². The van der Waals surface area contributed by atoms with Gasteiger partial charge in [0.15, 0.2) is 9.84 Å². The molecule has 0 aliphatic heterocycles. The molecule has 0 radical (unpaired) electrons. The Balaban J connectivity index is 2.95. The van der Waals surface area contributed by atoms with Gasteiger partial charge in [-0.15, -0.1) is 0 Å². The van der Waals surface area contributed by atoms with Gasteiger partial charge < -0.3 is 0 Å². The molecule has 15 heavy (non-hydrogen) atoms. The van der Waals surface area contributed by atoms with Crippen LogP contribution < -0.4 is 0 Å². The second-order valence-corrected chi connectivity index (χ2v) is 6.31. The Morgan fingerprint density at radius 1 is 1.20 bits per heavy atom. The van der Waals surface area contributed by atoms with Crippen molar-refractivity contribution in [2.75, 3.05) is 6.26 Å². The van der Waals surface area contributed by atoms with E-state index in [2.05, 4.69) is 9.97 Å². The Hall–Kier alpha value is -0.970. The van der Waals surface area contributed by atoms with E-state index in [4.69, 9.17) is 0 Å². The first-order valence-corrected chi connectivity index (χ1v) is 6.75. The highest BCUT2D eigenvalue weighted by molar-refractivity contribution is 7.91. The molecule has 1 heterocycles. The molecular formula is C10H16N2O2S. The topological polar surface area (TPSA) is 59.9 Å². The van der Waals surface area contributed by atoms with Crippen LogP contribution in [0.15, 0.2) is 12.4 Å². The summed E-state index contributed by atoms with van der Waals surface area (Å²) in [5.41, 5.74) is 1.55.